The van der Waals surface area contributed by atoms with Crippen molar-refractivity contribution in [3.8, 4) is 0 Å². The molecular formula is C20H21ClN2O5S2. The fourth-order valence-electron chi connectivity index (χ4n) is 3.16. The van der Waals surface area contributed by atoms with Crippen LogP contribution in [0.2, 0.25) is 5.02 Å². The highest BCUT2D eigenvalue weighted by molar-refractivity contribution is 7.98. The number of hydrogen-bond acceptors (Lipinski definition) is 6. The zero-order chi connectivity index (χ0) is 21.9. The molecule has 0 radical (unpaired) electrons. The maximum atomic E-state index is 13.0. The lowest BCUT2D eigenvalue weighted by atomic mass is 10.2. The second kappa shape index (κ2) is 9.28. The molecule has 10 heteroatoms. The average molecular weight is 469 g/mol. The van der Waals surface area contributed by atoms with Crippen molar-refractivity contribution in [3.05, 3.63) is 52.5 Å². The summed E-state index contributed by atoms with van der Waals surface area (Å²) in [5.41, 5.74) is 0.546. The Kier molecular flexibility index (Phi) is 6.95. The molecule has 7 nitrogen and oxygen atoms in total. The van der Waals surface area contributed by atoms with Crippen LogP contribution in [0.25, 0.3) is 0 Å². The first-order chi connectivity index (χ1) is 14.3. The van der Waals surface area contributed by atoms with Crippen LogP contribution in [0.1, 0.15) is 33.6 Å². The van der Waals surface area contributed by atoms with Gasteiger partial charge in [0.05, 0.1) is 33.8 Å². The predicted molar refractivity (Wildman–Crippen MR) is 117 cm³/mol. The summed E-state index contributed by atoms with van der Waals surface area (Å²) in [4.78, 5) is 27.0. The molecule has 1 heterocycles. The van der Waals surface area contributed by atoms with Gasteiger partial charge in [0.2, 0.25) is 0 Å². The Bertz CT molecular complexity index is 1080. The van der Waals surface area contributed by atoms with Gasteiger partial charge in [0.25, 0.3) is 15.9 Å². The summed E-state index contributed by atoms with van der Waals surface area (Å²) in [7, 11) is -2.83. The van der Waals surface area contributed by atoms with Gasteiger partial charge in [-0.25, -0.2) is 13.2 Å². The van der Waals surface area contributed by atoms with Crippen molar-refractivity contribution in [1.29, 1.82) is 0 Å². The fourth-order valence-corrected chi connectivity index (χ4v) is 5.05. The highest BCUT2D eigenvalue weighted by Gasteiger charge is 2.25. The van der Waals surface area contributed by atoms with Gasteiger partial charge in [0, 0.05) is 18.0 Å². The third kappa shape index (κ3) is 4.74. The number of nitrogens with one attached hydrogen (secondary N) is 1. The molecule has 1 aliphatic heterocycles. The quantitative estimate of drug-likeness (QED) is 0.510. The molecule has 30 heavy (non-hydrogen) atoms. The molecule has 160 valence electrons. The second-order valence-electron chi connectivity index (χ2n) is 6.65. The number of nitrogens with zero attached hydrogens (tertiary/aromatic N) is 1. The molecular weight excluding hydrogens is 448 g/mol. The Morgan fingerprint density at radius 1 is 1.13 bits per heavy atom. The maximum Gasteiger partial charge on any atom is 0.337 e. The number of thioether (sulfide) groups is 1. The van der Waals surface area contributed by atoms with Crippen LogP contribution < -0.4 is 4.72 Å². The number of halogens is 1. The Hall–Kier alpha value is -2.23. The first-order valence-electron chi connectivity index (χ1n) is 9.15. The van der Waals surface area contributed by atoms with E-state index in [9.17, 15) is 18.0 Å². The Balaban J connectivity index is 1.96. The number of amides is 1. The van der Waals surface area contributed by atoms with E-state index < -0.39 is 16.0 Å². The van der Waals surface area contributed by atoms with Crippen molar-refractivity contribution in [2.24, 2.45) is 0 Å². The smallest absolute Gasteiger partial charge is 0.337 e. The van der Waals surface area contributed by atoms with Gasteiger partial charge < -0.3 is 9.64 Å². The van der Waals surface area contributed by atoms with Crippen molar-refractivity contribution in [1.82, 2.24) is 4.90 Å². The molecule has 0 bridgehead atoms. The summed E-state index contributed by atoms with van der Waals surface area (Å²) in [6.07, 6.45) is 3.71. The molecule has 3 rings (SSSR count). The number of sulfonamides is 1. The summed E-state index contributed by atoms with van der Waals surface area (Å²) in [6, 6.07) is 8.59. The standard InChI is InChI=1S/C20H21ClN2O5S2/c1-28-20(25)13-5-7-16(21)17(11-13)22-30(26,27)14-6-8-18(29-2)15(12-14)19(24)23-9-3-4-10-23/h5-8,11-12,22H,3-4,9-10H2,1-2H3. The zero-order valence-corrected chi connectivity index (χ0v) is 18.9. The highest BCUT2D eigenvalue weighted by atomic mass is 35.5. The number of ether oxygens (including phenoxy) is 1. The number of carbonyl (C=O) groups excluding carboxylic acids is 2. The molecule has 1 N–H and O–H groups in total. The number of rotatable bonds is 6. The van der Waals surface area contributed by atoms with E-state index in [1.807, 2.05) is 6.26 Å². The van der Waals surface area contributed by atoms with E-state index in [1.54, 1.807) is 11.0 Å². The number of likely N-dealkylation sites (tertiary alicyclic amines) is 1. The van der Waals surface area contributed by atoms with Crippen LogP contribution in [0.15, 0.2) is 46.2 Å². The van der Waals surface area contributed by atoms with Crippen LogP contribution in [0.4, 0.5) is 5.69 Å². The monoisotopic (exact) mass is 468 g/mol. The van der Waals surface area contributed by atoms with Crippen LogP contribution in [-0.4, -0.2) is 51.6 Å². The topological polar surface area (TPSA) is 92.8 Å². The van der Waals surface area contributed by atoms with Gasteiger partial charge in [-0.05, 0) is 55.5 Å². The first-order valence-corrected chi connectivity index (χ1v) is 12.2. The molecule has 0 unspecified atom stereocenters. The van der Waals surface area contributed by atoms with Gasteiger partial charge in [-0.15, -0.1) is 11.8 Å². The number of carbonyl (C=O) groups is 2. The molecule has 1 fully saturated rings. The largest absolute Gasteiger partial charge is 0.465 e. The summed E-state index contributed by atoms with van der Waals surface area (Å²) >= 11 is 7.49. The average Bonchev–Trinajstić information content (AvgIpc) is 3.28. The SMILES string of the molecule is COC(=O)c1ccc(Cl)c(NS(=O)(=O)c2ccc(SC)c(C(=O)N3CCCC3)c2)c1. The minimum Gasteiger partial charge on any atom is -0.465 e. The molecule has 1 amide bonds. The molecule has 0 aromatic heterocycles. The van der Waals surface area contributed by atoms with Gasteiger partial charge in [-0.1, -0.05) is 11.6 Å². The van der Waals surface area contributed by atoms with Gasteiger partial charge in [-0.3, -0.25) is 9.52 Å². The highest BCUT2D eigenvalue weighted by Crippen LogP contribution is 2.29. The summed E-state index contributed by atoms with van der Waals surface area (Å²) in [6.45, 7) is 1.33. The normalized spacial score (nSPS) is 13.9. The van der Waals surface area contributed by atoms with E-state index in [1.165, 1.54) is 49.2 Å². The number of esters is 1. The van der Waals surface area contributed by atoms with Gasteiger partial charge in [0.1, 0.15) is 0 Å². The van der Waals surface area contributed by atoms with Gasteiger partial charge in [0.15, 0.2) is 0 Å². The molecule has 1 aliphatic rings. The molecule has 2 aromatic rings. The van der Waals surface area contributed by atoms with E-state index in [2.05, 4.69) is 9.46 Å². The van der Waals surface area contributed by atoms with Crippen LogP contribution >= 0.6 is 23.4 Å². The number of anilines is 1. The Morgan fingerprint density at radius 2 is 1.83 bits per heavy atom. The minimum absolute atomic E-state index is 0.0425. The third-order valence-electron chi connectivity index (χ3n) is 4.74. The summed E-state index contributed by atoms with van der Waals surface area (Å²) < 4.78 is 33.0. The van der Waals surface area contributed by atoms with Crippen LogP contribution in [-0.2, 0) is 14.8 Å². The summed E-state index contributed by atoms with van der Waals surface area (Å²) in [5, 5.41) is 0.125. The van der Waals surface area contributed by atoms with E-state index in [0.29, 0.717) is 23.5 Å². The molecule has 0 saturated carbocycles. The molecule has 1 saturated heterocycles. The lowest BCUT2D eigenvalue weighted by Gasteiger charge is -2.18. The second-order valence-corrected chi connectivity index (χ2v) is 9.59. The Labute approximate surface area is 184 Å². The van der Waals surface area contributed by atoms with Gasteiger partial charge in [-0.2, -0.15) is 0 Å². The fraction of sp³-hybridized carbons (Fsp3) is 0.300. The number of hydrogen-bond donors (Lipinski definition) is 1. The van der Waals surface area contributed by atoms with Crippen molar-refractivity contribution in [2.45, 2.75) is 22.6 Å². The van der Waals surface area contributed by atoms with Crippen LogP contribution in [0.5, 0.6) is 0 Å². The number of benzene rings is 2. The van der Waals surface area contributed by atoms with E-state index in [0.717, 1.165) is 12.8 Å². The third-order valence-corrected chi connectivity index (χ3v) is 7.23. The van der Waals surface area contributed by atoms with Crippen molar-refractivity contribution in [3.63, 3.8) is 0 Å². The lowest BCUT2D eigenvalue weighted by Crippen LogP contribution is -2.28. The van der Waals surface area contributed by atoms with Crippen LogP contribution in [0, 0.1) is 0 Å². The zero-order valence-electron chi connectivity index (χ0n) is 16.5. The summed E-state index contributed by atoms with van der Waals surface area (Å²) in [5.74, 6) is -0.797. The van der Waals surface area contributed by atoms with E-state index in [-0.39, 0.29) is 27.1 Å². The molecule has 0 aliphatic carbocycles. The van der Waals surface area contributed by atoms with Gasteiger partial charge >= 0.3 is 5.97 Å². The van der Waals surface area contributed by atoms with Crippen molar-refractivity contribution < 1.29 is 22.7 Å². The van der Waals surface area contributed by atoms with Crippen molar-refractivity contribution >= 4 is 50.9 Å². The minimum atomic E-state index is -4.06. The lowest BCUT2D eigenvalue weighted by molar-refractivity contribution is 0.0600. The van der Waals surface area contributed by atoms with Crippen LogP contribution in [0.3, 0.4) is 0 Å². The molecule has 0 atom stereocenters. The van der Waals surface area contributed by atoms with E-state index in [4.69, 9.17) is 11.6 Å². The number of methoxy groups -OCH3 is 1. The molecule has 2 aromatic carbocycles. The van der Waals surface area contributed by atoms with Crippen molar-refractivity contribution in [2.75, 3.05) is 31.2 Å². The predicted octanol–water partition coefficient (Wildman–Crippen LogP) is 3.89. The first kappa shape index (κ1) is 22.5. The Morgan fingerprint density at radius 3 is 2.47 bits per heavy atom. The van der Waals surface area contributed by atoms with E-state index >= 15 is 0 Å². The molecule has 0 spiro atoms. The maximum absolute atomic E-state index is 13.0.